The van der Waals surface area contributed by atoms with E-state index in [0.717, 1.165) is 17.9 Å². The van der Waals surface area contributed by atoms with Gasteiger partial charge in [0, 0.05) is 6.54 Å². The summed E-state index contributed by atoms with van der Waals surface area (Å²) < 4.78 is 0. The molecule has 0 bridgehead atoms. The Hall–Kier alpha value is -1.16. The van der Waals surface area contributed by atoms with Crippen molar-refractivity contribution in [2.75, 3.05) is 18.4 Å². The molecule has 72 valence electrons. The van der Waals surface area contributed by atoms with Crippen molar-refractivity contribution >= 4 is 5.82 Å². The summed E-state index contributed by atoms with van der Waals surface area (Å²) in [6, 6.07) is 1.97. The van der Waals surface area contributed by atoms with Crippen LogP contribution in [0.25, 0.3) is 0 Å². The number of hydrogen-bond donors (Lipinski definition) is 2. The standard InChI is InChI=1S/C9H16N4/c1-7-3-9(13-12-6-7)11-5-8(2)4-10/h3,6,8H,4-5,10H2,1-2H3,(H,11,13). The molecule has 4 heteroatoms. The molecule has 0 saturated heterocycles. The first kappa shape index (κ1) is 9.92. The Bertz CT molecular complexity index is 262. The van der Waals surface area contributed by atoms with Gasteiger partial charge < -0.3 is 11.1 Å². The molecule has 0 aliphatic carbocycles. The first-order valence-corrected chi connectivity index (χ1v) is 4.45. The van der Waals surface area contributed by atoms with Gasteiger partial charge >= 0.3 is 0 Å². The minimum Gasteiger partial charge on any atom is -0.368 e. The minimum atomic E-state index is 0.460. The zero-order valence-electron chi connectivity index (χ0n) is 8.12. The Morgan fingerprint density at radius 3 is 3.00 bits per heavy atom. The summed E-state index contributed by atoms with van der Waals surface area (Å²) in [5, 5.41) is 11.0. The van der Waals surface area contributed by atoms with E-state index in [4.69, 9.17) is 5.73 Å². The average molecular weight is 180 g/mol. The molecule has 1 atom stereocenters. The first-order chi connectivity index (χ1) is 6.22. The number of nitrogens with one attached hydrogen (secondary N) is 1. The van der Waals surface area contributed by atoms with Crippen LogP contribution in [0.3, 0.4) is 0 Å². The molecule has 0 spiro atoms. The third kappa shape index (κ3) is 3.38. The van der Waals surface area contributed by atoms with Crippen LogP contribution >= 0.6 is 0 Å². The SMILES string of the molecule is Cc1cnnc(NCC(C)CN)c1. The number of hydrogen-bond acceptors (Lipinski definition) is 4. The monoisotopic (exact) mass is 180 g/mol. The average Bonchev–Trinajstić information content (AvgIpc) is 2.14. The van der Waals surface area contributed by atoms with Gasteiger partial charge in [-0.05, 0) is 31.0 Å². The summed E-state index contributed by atoms with van der Waals surface area (Å²) in [6.45, 7) is 5.61. The van der Waals surface area contributed by atoms with Crippen molar-refractivity contribution in [2.45, 2.75) is 13.8 Å². The van der Waals surface area contributed by atoms with Crippen molar-refractivity contribution in [2.24, 2.45) is 11.7 Å². The summed E-state index contributed by atoms with van der Waals surface area (Å²) in [5.74, 6) is 1.28. The molecule has 1 rings (SSSR count). The maximum absolute atomic E-state index is 5.49. The fourth-order valence-corrected chi connectivity index (χ4v) is 0.912. The van der Waals surface area contributed by atoms with E-state index in [2.05, 4.69) is 22.4 Å². The van der Waals surface area contributed by atoms with Crippen LogP contribution in [0.15, 0.2) is 12.3 Å². The lowest BCUT2D eigenvalue weighted by molar-refractivity contribution is 0.626. The third-order valence-electron chi connectivity index (χ3n) is 1.83. The van der Waals surface area contributed by atoms with Crippen molar-refractivity contribution in [1.29, 1.82) is 0 Å². The van der Waals surface area contributed by atoms with Crippen molar-refractivity contribution in [3.8, 4) is 0 Å². The quantitative estimate of drug-likeness (QED) is 0.719. The van der Waals surface area contributed by atoms with Crippen molar-refractivity contribution in [1.82, 2.24) is 10.2 Å². The van der Waals surface area contributed by atoms with E-state index in [0.29, 0.717) is 12.5 Å². The van der Waals surface area contributed by atoms with Crippen molar-refractivity contribution in [3.05, 3.63) is 17.8 Å². The smallest absolute Gasteiger partial charge is 0.148 e. The lowest BCUT2D eigenvalue weighted by Gasteiger charge is -2.09. The van der Waals surface area contributed by atoms with Crippen LogP contribution < -0.4 is 11.1 Å². The minimum absolute atomic E-state index is 0.460. The molecule has 0 fully saturated rings. The zero-order valence-corrected chi connectivity index (χ0v) is 8.12. The van der Waals surface area contributed by atoms with E-state index < -0.39 is 0 Å². The fraction of sp³-hybridized carbons (Fsp3) is 0.556. The van der Waals surface area contributed by atoms with Gasteiger partial charge in [0.25, 0.3) is 0 Å². The largest absolute Gasteiger partial charge is 0.368 e. The maximum atomic E-state index is 5.49. The molecule has 1 unspecified atom stereocenters. The summed E-state index contributed by atoms with van der Waals surface area (Å²) in [7, 11) is 0. The van der Waals surface area contributed by atoms with E-state index >= 15 is 0 Å². The Labute approximate surface area is 78.6 Å². The van der Waals surface area contributed by atoms with Gasteiger partial charge in [-0.25, -0.2) is 0 Å². The highest BCUT2D eigenvalue weighted by molar-refractivity contribution is 5.34. The predicted octanol–water partition coefficient (Wildman–Crippen LogP) is 0.792. The van der Waals surface area contributed by atoms with Gasteiger partial charge in [-0.15, -0.1) is 5.10 Å². The third-order valence-corrected chi connectivity index (χ3v) is 1.83. The van der Waals surface area contributed by atoms with Crippen LogP contribution in [0.5, 0.6) is 0 Å². The van der Waals surface area contributed by atoms with Gasteiger partial charge in [0.2, 0.25) is 0 Å². The van der Waals surface area contributed by atoms with Crippen molar-refractivity contribution in [3.63, 3.8) is 0 Å². The van der Waals surface area contributed by atoms with E-state index in [1.165, 1.54) is 0 Å². The normalized spacial score (nSPS) is 12.5. The molecule has 3 N–H and O–H groups in total. The molecular weight excluding hydrogens is 164 g/mol. The second kappa shape index (κ2) is 4.77. The van der Waals surface area contributed by atoms with Crippen LogP contribution in [-0.4, -0.2) is 23.3 Å². The molecule has 0 aliphatic heterocycles. The molecule has 0 amide bonds. The van der Waals surface area contributed by atoms with Gasteiger partial charge in [0.1, 0.15) is 5.82 Å². The summed E-state index contributed by atoms with van der Waals surface area (Å²) in [4.78, 5) is 0. The van der Waals surface area contributed by atoms with E-state index in [9.17, 15) is 0 Å². The Morgan fingerprint density at radius 1 is 1.62 bits per heavy atom. The summed E-state index contributed by atoms with van der Waals surface area (Å²) >= 11 is 0. The highest BCUT2D eigenvalue weighted by Gasteiger charge is 1.99. The Balaban J connectivity index is 2.45. The van der Waals surface area contributed by atoms with E-state index in [1.807, 2.05) is 13.0 Å². The Morgan fingerprint density at radius 2 is 2.38 bits per heavy atom. The molecule has 1 aromatic rings. The number of rotatable bonds is 4. The van der Waals surface area contributed by atoms with Gasteiger partial charge in [-0.1, -0.05) is 6.92 Å². The number of anilines is 1. The number of aromatic nitrogens is 2. The maximum Gasteiger partial charge on any atom is 0.148 e. The van der Waals surface area contributed by atoms with Crippen LogP contribution in [0, 0.1) is 12.8 Å². The van der Waals surface area contributed by atoms with Crippen molar-refractivity contribution < 1.29 is 0 Å². The van der Waals surface area contributed by atoms with Gasteiger partial charge in [0.15, 0.2) is 0 Å². The lowest BCUT2D eigenvalue weighted by Crippen LogP contribution is -2.20. The molecule has 4 nitrogen and oxygen atoms in total. The molecule has 0 aliphatic rings. The molecule has 0 aromatic carbocycles. The molecule has 0 saturated carbocycles. The molecule has 1 aromatic heterocycles. The van der Waals surface area contributed by atoms with Crippen LogP contribution in [0.4, 0.5) is 5.82 Å². The Kier molecular flexibility index (Phi) is 3.64. The fourth-order valence-electron chi connectivity index (χ4n) is 0.912. The topological polar surface area (TPSA) is 63.8 Å². The molecular formula is C9H16N4. The van der Waals surface area contributed by atoms with Gasteiger partial charge in [-0.3, -0.25) is 0 Å². The predicted molar refractivity (Wildman–Crippen MR) is 53.5 cm³/mol. The van der Waals surface area contributed by atoms with Crippen LogP contribution in [-0.2, 0) is 0 Å². The van der Waals surface area contributed by atoms with E-state index in [-0.39, 0.29) is 0 Å². The second-order valence-corrected chi connectivity index (χ2v) is 3.34. The van der Waals surface area contributed by atoms with E-state index in [1.54, 1.807) is 6.20 Å². The molecule has 13 heavy (non-hydrogen) atoms. The molecule has 1 heterocycles. The lowest BCUT2D eigenvalue weighted by atomic mass is 10.2. The number of nitrogens with two attached hydrogens (primary N) is 1. The number of aryl methyl sites for hydroxylation is 1. The van der Waals surface area contributed by atoms with Crippen LogP contribution in [0.1, 0.15) is 12.5 Å². The summed E-state index contributed by atoms with van der Waals surface area (Å²) in [5.41, 5.74) is 6.60. The zero-order chi connectivity index (χ0) is 9.68. The highest BCUT2D eigenvalue weighted by atomic mass is 15.2. The second-order valence-electron chi connectivity index (χ2n) is 3.34. The van der Waals surface area contributed by atoms with Gasteiger partial charge in [0.05, 0.1) is 6.20 Å². The van der Waals surface area contributed by atoms with Crippen LogP contribution in [0.2, 0.25) is 0 Å². The number of nitrogens with zero attached hydrogens (tertiary/aromatic N) is 2. The highest BCUT2D eigenvalue weighted by Crippen LogP contribution is 2.03. The summed E-state index contributed by atoms with van der Waals surface area (Å²) in [6.07, 6.45) is 1.73. The van der Waals surface area contributed by atoms with Gasteiger partial charge in [-0.2, -0.15) is 5.10 Å². The molecule has 0 radical (unpaired) electrons. The first-order valence-electron chi connectivity index (χ1n) is 4.45.